The molecule has 0 bridgehead atoms. The summed E-state index contributed by atoms with van der Waals surface area (Å²) < 4.78 is 21.6. The van der Waals surface area contributed by atoms with Gasteiger partial charge in [-0.05, 0) is 40.5 Å². The first kappa shape index (κ1) is 22.2. The van der Waals surface area contributed by atoms with Crippen molar-refractivity contribution in [1.82, 2.24) is 14.6 Å². The molecule has 1 atom stereocenters. The van der Waals surface area contributed by atoms with Gasteiger partial charge in [-0.3, -0.25) is 0 Å². The van der Waals surface area contributed by atoms with Crippen molar-refractivity contribution in [2.24, 2.45) is 0 Å². The van der Waals surface area contributed by atoms with Crippen molar-refractivity contribution in [3.63, 3.8) is 0 Å². The third-order valence-electron chi connectivity index (χ3n) is 5.56. The Bertz CT molecular complexity index is 1120. The highest BCUT2D eigenvalue weighted by Crippen LogP contribution is 2.36. The van der Waals surface area contributed by atoms with Crippen LogP contribution in [0.3, 0.4) is 0 Å². The lowest BCUT2D eigenvalue weighted by atomic mass is 10.0. The molecule has 4 rings (SSSR count). The molecule has 1 saturated heterocycles. The molecule has 3 aromatic rings. The molecule has 1 aliphatic rings. The lowest BCUT2D eigenvalue weighted by molar-refractivity contribution is -0.160. The number of fused-ring (bicyclic) bond motifs is 1. The molecule has 0 saturated carbocycles. The molecule has 1 aromatic carbocycles. The summed E-state index contributed by atoms with van der Waals surface area (Å²) in [4.78, 5) is 19.0. The molecule has 0 spiro atoms. The van der Waals surface area contributed by atoms with Crippen molar-refractivity contribution in [3.8, 4) is 11.3 Å². The number of hydrogen-bond acceptors (Lipinski definition) is 5. The molecule has 1 N–H and O–H groups in total. The van der Waals surface area contributed by atoms with Crippen LogP contribution in [0.4, 0.5) is 10.2 Å². The number of aryl methyl sites for hydroxylation is 1. The predicted octanol–water partition coefficient (Wildman–Crippen LogP) is 4.58. The van der Waals surface area contributed by atoms with Gasteiger partial charge in [-0.25, -0.2) is 14.2 Å². The maximum atomic E-state index is 13.9. The average Bonchev–Trinajstić information content (AvgIpc) is 3.15. The molecular weight excluding hydrogens is 411 g/mol. The molecule has 7 nitrogen and oxygen atoms in total. The molecule has 32 heavy (non-hydrogen) atoms. The van der Waals surface area contributed by atoms with E-state index in [9.17, 15) is 14.3 Å². The van der Waals surface area contributed by atoms with Crippen molar-refractivity contribution in [1.29, 1.82) is 0 Å². The number of alkyl halides is 1. The fourth-order valence-corrected chi connectivity index (χ4v) is 4.12. The number of piperidine rings is 1. The van der Waals surface area contributed by atoms with Gasteiger partial charge in [0.15, 0.2) is 11.8 Å². The van der Waals surface area contributed by atoms with Crippen LogP contribution in [-0.4, -0.2) is 50.5 Å². The molecule has 170 valence electrons. The second-order valence-corrected chi connectivity index (χ2v) is 9.21. The predicted molar refractivity (Wildman–Crippen MR) is 121 cm³/mol. The largest absolute Gasteiger partial charge is 0.479 e. The Morgan fingerprint density at radius 1 is 1.22 bits per heavy atom. The Kier molecular flexibility index (Phi) is 5.90. The van der Waals surface area contributed by atoms with Crippen LogP contribution in [0.5, 0.6) is 0 Å². The lowest BCUT2D eigenvalue weighted by Crippen LogP contribution is -2.38. The van der Waals surface area contributed by atoms with Crippen LogP contribution in [0.1, 0.15) is 51.0 Å². The molecule has 1 unspecified atom stereocenters. The molecule has 0 amide bonds. The number of rotatable bonds is 5. The zero-order chi connectivity index (χ0) is 23.0. The molecule has 2 aromatic heterocycles. The highest BCUT2D eigenvalue weighted by Gasteiger charge is 2.35. The summed E-state index contributed by atoms with van der Waals surface area (Å²) in [6.07, 6.45) is -1.32. The summed E-state index contributed by atoms with van der Waals surface area (Å²) >= 11 is 0. The van der Waals surface area contributed by atoms with E-state index in [4.69, 9.17) is 9.84 Å². The SMILES string of the molecule is Cc1nc2cc(-c3ccccc3)nn2c(N2CCC(F)CC2)c1C(OC(C)(C)C)C(=O)O. The van der Waals surface area contributed by atoms with E-state index in [1.807, 2.05) is 62.1 Å². The van der Waals surface area contributed by atoms with Gasteiger partial charge < -0.3 is 14.7 Å². The molecule has 3 heterocycles. The van der Waals surface area contributed by atoms with E-state index in [-0.39, 0.29) is 0 Å². The zero-order valence-corrected chi connectivity index (χ0v) is 18.9. The lowest BCUT2D eigenvalue weighted by Gasteiger charge is -2.34. The summed E-state index contributed by atoms with van der Waals surface area (Å²) in [5.41, 5.74) is 2.62. The minimum absolute atomic E-state index is 0.382. The Morgan fingerprint density at radius 2 is 1.88 bits per heavy atom. The van der Waals surface area contributed by atoms with Gasteiger partial charge >= 0.3 is 5.97 Å². The maximum absolute atomic E-state index is 13.9. The molecular formula is C24H29FN4O3. The first-order chi connectivity index (χ1) is 15.1. The molecule has 1 aliphatic heterocycles. The average molecular weight is 441 g/mol. The van der Waals surface area contributed by atoms with Gasteiger partial charge in [0.25, 0.3) is 0 Å². The Labute approximate surface area is 186 Å². The van der Waals surface area contributed by atoms with Crippen LogP contribution in [0.2, 0.25) is 0 Å². The van der Waals surface area contributed by atoms with Crippen molar-refractivity contribution in [3.05, 3.63) is 47.7 Å². The summed E-state index contributed by atoms with van der Waals surface area (Å²) in [5.74, 6) is -0.487. The van der Waals surface area contributed by atoms with E-state index in [2.05, 4.69) is 4.98 Å². The fourth-order valence-electron chi connectivity index (χ4n) is 4.12. The van der Waals surface area contributed by atoms with E-state index in [1.165, 1.54) is 0 Å². The topological polar surface area (TPSA) is 80.0 Å². The quantitative estimate of drug-likeness (QED) is 0.625. The van der Waals surface area contributed by atoms with Crippen LogP contribution >= 0.6 is 0 Å². The molecule has 8 heteroatoms. The van der Waals surface area contributed by atoms with Gasteiger partial charge in [0.1, 0.15) is 12.0 Å². The minimum atomic E-state index is -1.23. The number of nitrogens with zero attached hydrogens (tertiary/aromatic N) is 4. The van der Waals surface area contributed by atoms with E-state index < -0.39 is 23.8 Å². The van der Waals surface area contributed by atoms with Crippen LogP contribution < -0.4 is 4.90 Å². The number of anilines is 1. The van der Waals surface area contributed by atoms with Crippen LogP contribution in [-0.2, 0) is 9.53 Å². The molecule has 0 radical (unpaired) electrons. The van der Waals surface area contributed by atoms with Crippen molar-refractivity contribution in [2.45, 2.75) is 58.4 Å². The van der Waals surface area contributed by atoms with Crippen molar-refractivity contribution >= 4 is 17.4 Å². The van der Waals surface area contributed by atoms with E-state index in [1.54, 1.807) is 11.4 Å². The normalized spacial score (nSPS) is 16.5. The highest BCUT2D eigenvalue weighted by molar-refractivity contribution is 5.79. The summed E-state index contributed by atoms with van der Waals surface area (Å²) in [5, 5.41) is 14.9. The van der Waals surface area contributed by atoms with Gasteiger partial charge in [0.05, 0.1) is 16.9 Å². The van der Waals surface area contributed by atoms with Gasteiger partial charge in [0, 0.05) is 30.4 Å². The first-order valence-corrected chi connectivity index (χ1v) is 10.9. The number of carbonyl (C=O) groups is 1. The van der Waals surface area contributed by atoms with Gasteiger partial charge in [-0.2, -0.15) is 9.61 Å². The van der Waals surface area contributed by atoms with E-state index in [0.717, 1.165) is 11.3 Å². The molecule has 1 fully saturated rings. The summed E-state index contributed by atoms with van der Waals surface area (Å²) in [6, 6.07) is 11.6. The van der Waals surface area contributed by atoms with Gasteiger partial charge in [0.2, 0.25) is 0 Å². The third kappa shape index (κ3) is 4.46. The number of carboxylic acids is 1. The van der Waals surface area contributed by atoms with Gasteiger partial charge in [-0.1, -0.05) is 30.3 Å². The summed E-state index contributed by atoms with van der Waals surface area (Å²) in [6.45, 7) is 8.18. The zero-order valence-electron chi connectivity index (χ0n) is 18.9. The van der Waals surface area contributed by atoms with Crippen molar-refractivity contribution < 1.29 is 19.0 Å². The van der Waals surface area contributed by atoms with Crippen LogP contribution in [0, 0.1) is 6.92 Å². The third-order valence-corrected chi connectivity index (χ3v) is 5.56. The number of aromatic nitrogens is 3. The van der Waals surface area contributed by atoms with E-state index >= 15 is 0 Å². The number of ether oxygens (including phenoxy) is 1. The van der Waals surface area contributed by atoms with Crippen molar-refractivity contribution in [2.75, 3.05) is 18.0 Å². The van der Waals surface area contributed by atoms with E-state index in [0.29, 0.717) is 48.7 Å². The second-order valence-electron chi connectivity index (χ2n) is 9.21. The Balaban J connectivity index is 1.94. The smallest absolute Gasteiger partial charge is 0.337 e. The minimum Gasteiger partial charge on any atom is -0.479 e. The standard InChI is InChI=1S/C24H29FN4O3/c1-15-20(21(23(30)31)32-24(2,3)4)22(28-12-10-17(25)11-13-28)29-19(26-15)14-18(27-29)16-8-6-5-7-9-16/h5-9,14,17,21H,10-13H2,1-4H3,(H,30,31). The number of benzene rings is 1. The number of aliphatic carboxylic acids is 1. The van der Waals surface area contributed by atoms with Crippen LogP contribution in [0.25, 0.3) is 16.9 Å². The first-order valence-electron chi connectivity index (χ1n) is 10.9. The Morgan fingerprint density at radius 3 is 2.47 bits per heavy atom. The summed E-state index contributed by atoms with van der Waals surface area (Å²) in [7, 11) is 0. The number of halogens is 1. The highest BCUT2D eigenvalue weighted by atomic mass is 19.1. The van der Waals surface area contributed by atoms with Crippen LogP contribution in [0.15, 0.2) is 36.4 Å². The monoisotopic (exact) mass is 440 g/mol. The van der Waals surface area contributed by atoms with Gasteiger partial charge in [-0.15, -0.1) is 0 Å². The maximum Gasteiger partial charge on any atom is 0.337 e. The molecule has 0 aliphatic carbocycles. The number of hydrogen-bond donors (Lipinski definition) is 1. The fraction of sp³-hybridized carbons (Fsp3) is 0.458. The Hall–Kier alpha value is -3.00. The second kappa shape index (κ2) is 8.50. The number of carboxylic acid groups (broad SMARTS) is 1.